The Morgan fingerprint density at radius 2 is 2.36 bits per heavy atom. The summed E-state index contributed by atoms with van der Waals surface area (Å²) in [6.45, 7) is 0.493. The second kappa shape index (κ2) is 2.36. The second-order valence-corrected chi connectivity index (χ2v) is 2.32. The van der Waals surface area contributed by atoms with Gasteiger partial charge in [0.15, 0.2) is 12.0 Å². The van der Waals surface area contributed by atoms with Crippen LogP contribution in [0.1, 0.15) is 5.56 Å². The van der Waals surface area contributed by atoms with Crippen LogP contribution in [-0.4, -0.2) is 4.98 Å². The molecule has 0 aliphatic heterocycles. The van der Waals surface area contributed by atoms with E-state index in [2.05, 4.69) is 4.98 Å². The predicted octanol–water partition coefficient (Wildman–Crippen LogP) is 1.29. The quantitative estimate of drug-likeness (QED) is 0.662. The first-order valence-electron chi connectivity index (χ1n) is 3.43. The zero-order valence-corrected chi connectivity index (χ0v) is 5.95. The molecule has 3 nitrogen and oxygen atoms in total. The molecule has 2 aromatic rings. The number of oxazole rings is 1. The third kappa shape index (κ3) is 0.897. The molecular formula is C8H8N2O. The molecule has 0 spiro atoms. The Morgan fingerprint density at radius 1 is 1.45 bits per heavy atom. The zero-order chi connectivity index (χ0) is 7.68. The lowest BCUT2D eigenvalue weighted by Crippen LogP contribution is -1.95. The van der Waals surface area contributed by atoms with E-state index in [9.17, 15) is 0 Å². The Labute approximate surface area is 63.8 Å². The molecule has 1 aromatic carbocycles. The van der Waals surface area contributed by atoms with Gasteiger partial charge in [-0.15, -0.1) is 0 Å². The van der Waals surface area contributed by atoms with Crippen molar-refractivity contribution in [3.63, 3.8) is 0 Å². The van der Waals surface area contributed by atoms with Crippen molar-refractivity contribution < 1.29 is 4.42 Å². The van der Waals surface area contributed by atoms with Gasteiger partial charge in [-0.05, 0) is 6.07 Å². The Morgan fingerprint density at radius 3 is 3.18 bits per heavy atom. The van der Waals surface area contributed by atoms with Crippen molar-refractivity contribution in [2.75, 3.05) is 0 Å². The standard InChI is InChI=1S/C8H8N2O/c9-4-6-2-1-3-7-8(6)11-5-10-7/h1-3,5H,4,9H2. The van der Waals surface area contributed by atoms with Crippen LogP contribution in [0.15, 0.2) is 29.0 Å². The number of rotatable bonds is 1. The van der Waals surface area contributed by atoms with E-state index in [1.54, 1.807) is 0 Å². The van der Waals surface area contributed by atoms with Crippen molar-refractivity contribution in [3.8, 4) is 0 Å². The summed E-state index contributed by atoms with van der Waals surface area (Å²) in [6, 6.07) is 5.76. The molecule has 0 radical (unpaired) electrons. The normalized spacial score (nSPS) is 10.6. The van der Waals surface area contributed by atoms with Crippen molar-refractivity contribution in [3.05, 3.63) is 30.2 Å². The zero-order valence-electron chi connectivity index (χ0n) is 5.95. The smallest absolute Gasteiger partial charge is 0.181 e. The molecule has 2 rings (SSSR count). The highest BCUT2D eigenvalue weighted by Crippen LogP contribution is 2.15. The van der Waals surface area contributed by atoms with E-state index in [4.69, 9.17) is 10.2 Å². The van der Waals surface area contributed by atoms with Gasteiger partial charge in [0.1, 0.15) is 5.52 Å². The Balaban J connectivity index is 2.79. The fraction of sp³-hybridized carbons (Fsp3) is 0.125. The highest BCUT2D eigenvalue weighted by atomic mass is 16.3. The van der Waals surface area contributed by atoms with Crippen LogP contribution < -0.4 is 5.73 Å². The molecule has 0 atom stereocenters. The fourth-order valence-electron chi connectivity index (χ4n) is 1.11. The molecule has 1 aromatic heterocycles. The maximum absolute atomic E-state index is 5.49. The average Bonchev–Trinajstić information content (AvgIpc) is 2.50. The monoisotopic (exact) mass is 148 g/mol. The van der Waals surface area contributed by atoms with Gasteiger partial charge in [-0.25, -0.2) is 4.98 Å². The van der Waals surface area contributed by atoms with Crippen LogP contribution in [0.5, 0.6) is 0 Å². The van der Waals surface area contributed by atoms with Gasteiger partial charge < -0.3 is 10.2 Å². The summed E-state index contributed by atoms with van der Waals surface area (Å²) in [5.74, 6) is 0. The van der Waals surface area contributed by atoms with Crippen LogP contribution in [0.2, 0.25) is 0 Å². The number of aromatic nitrogens is 1. The maximum Gasteiger partial charge on any atom is 0.181 e. The molecule has 0 fully saturated rings. The summed E-state index contributed by atoms with van der Waals surface area (Å²) < 4.78 is 5.15. The van der Waals surface area contributed by atoms with Crippen molar-refractivity contribution in [2.45, 2.75) is 6.54 Å². The minimum Gasteiger partial charge on any atom is -0.443 e. The van der Waals surface area contributed by atoms with Gasteiger partial charge in [-0.2, -0.15) is 0 Å². The van der Waals surface area contributed by atoms with E-state index >= 15 is 0 Å². The predicted molar refractivity (Wildman–Crippen MR) is 41.9 cm³/mol. The maximum atomic E-state index is 5.49. The van der Waals surface area contributed by atoms with E-state index in [-0.39, 0.29) is 0 Å². The molecule has 0 aliphatic carbocycles. The highest BCUT2D eigenvalue weighted by Gasteiger charge is 2.01. The van der Waals surface area contributed by atoms with Gasteiger partial charge in [0.2, 0.25) is 0 Å². The number of fused-ring (bicyclic) bond motifs is 1. The Hall–Kier alpha value is -1.35. The van der Waals surface area contributed by atoms with Crippen molar-refractivity contribution in [1.82, 2.24) is 4.98 Å². The van der Waals surface area contributed by atoms with E-state index in [1.807, 2.05) is 18.2 Å². The lowest BCUT2D eigenvalue weighted by molar-refractivity contribution is 0.598. The summed E-state index contributed by atoms with van der Waals surface area (Å²) in [4.78, 5) is 4.01. The molecule has 0 unspecified atom stereocenters. The Bertz CT molecular complexity index is 367. The molecule has 1 heterocycles. The van der Waals surface area contributed by atoms with Crippen molar-refractivity contribution in [1.29, 1.82) is 0 Å². The van der Waals surface area contributed by atoms with Gasteiger partial charge in [0, 0.05) is 12.1 Å². The first-order chi connectivity index (χ1) is 5.42. The van der Waals surface area contributed by atoms with Gasteiger partial charge in [0.25, 0.3) is 0 Å². The number of hydrogen-bond donors (Lipinski definition) is 1. The largest absolute Gasteiger partial charge is 0.443 e. The van der Waals surface area contributed by atoms with Crippen LogP contribution in [0.25, 0.3) is 11.1 Å². The van der Waals surface area contributed by atoms with Gasteiger partial charge in [0.05, 0.1) is 0 Å². The van der Waals surface area contributed by atoms with Crippen LogP contribution >= 0.6 is 0 Å². The molecule has 3 heteroatoms. The van der Waals surface area contributed by atoms with E-state index in [0.29, 0.717) is 6.54 Å². The van der Waals surface area contributed by atoms with E-state index in [0.717, 1.165) is 16.7 Å². The summed E-state index contributed by atoms with van der Waals surface area (Å²) in [7, 11) is 0. The lowest BCUT2D eigenvalue weighted by Gasteiger charge is -1.94. The third-order valence-electron chi connectivity index (χ3n) is 1.66. The molecule has 0 saturated carbocycles. The number of hydrogen-bond acceptors (Lipinski definition) is 3. The summed E-state index contributed by atoms with van der Waals surface area (Å²) in [6.07, 6.45) is 1.43. The molecular weight excluding hydrogens is 140 g/mol. The minimum atomic E-state index is 0.493. The fourth-order valence-corrected chi connectivity index (χ4v) is 1.11. The van der Waals surface area contributed by atoms with Crippen LogP contribution in [-0.2, 0) is 6.54 Å². The first kappa shape index (κ1) is 6.37. The van der Waals surface area contributed by atoms with Crippen LogP contribution in [0.3, 0.4) is 0 Å². The molecule has 0 amide bonds. The van der Waals surface area contributed by atoms with Gasteiger partial charge in [-0.3, -0.25) is 0 Å². The number of para-hydroxylation sites is 1. The molecule has 56 valence electrons. The number of nitrogens with zero attached hydrogens (tertiary/aromatic N) is 1. The number of nitrogens with two attached hydrogens (primary N) is 1. The average molecular weight is 148 g/mol. The Kier molecular flexibility index (Phi) is 1.36. The minimum absolute atomic E-state index is 0.493. The summed E-state index contributed by atoms with van der Waals surface area (Å²) in [5.41, 5.74) is 8.16. The molecule has 11 heavy (non-hydrogen) atoms. The molecule has 2 N–H and O–H groups in total. The highest BCUT2D eigenvalue weighted by molar-refractivity contribution is 5.75. The topological polar surface area (TPSA) is 52.0 Å². The van der Waals surface area contributed by atoms with Gasteiger partial charge >= 0.3 is 0 Å². The van der Waals surface area contributed by atoms with Crippen molar-refractivity contribution in [2.24, 2.45) is 5.73 Å². The third-order valence-corrected chi connectivity index (χ3v) is 1.66. The lowest BCUT2D eigenvalue weighted by atomic mass is 10.2. The molecule has 0 aliphatic rings. The first-order valence-corrected chi connectivity index (χ1v) is 3.43. The van der Waals surface area contributed by atoms with Crippen molar-refractivity contribution >= 4 is 11.1 Å². The van der Waals surface area contributed by atoms with Crippen LogP contribution in [0, 0.1) is 0 Å². The van der Waals surface area contributed by atoms with Gasteiger partial charge in [-0.1, -0.05) is 12.1 Å². The molecule has 0 saturated heterocycles. The molecule has 0 bridgehead atoms. The number of benzene rings is 1. The second-order valence-electron chi connectivity index (χ2n) is 2.32. The SMILES string of the molecule is NCc1cccc2ncoc12. The summed E-state index contributed by atoms with van der Waals surface area (Å²) in [5, 5.41) is 0. The van der Waals surface area contributed by atoms with E-state index < -0.39 is 0 Å². The van der Waals surface area contributed by atoms with Crippen LogP contribution in [0.4, 0.5) is 0 Å². The summed E-state index contributed by atoms with van der Waals surface area (Å²) >= 11 is 0. The van der Waals surface area contributed by atoms with E-state index in [1.165, 1.54) is 6.39 Å².